The molecule has 0 radical (unpaired) electrons. The van der Waals surface area contributed by atoms with Crippen LogP contribution in [0.25, 0.3) is 0 Å². The maximum atomic E-state index is 12.1. The molecule has 0 unspecified atom stereocenters. The predicted octanol–water partition coefficient (Wildman–Crippen LogP) is 1.89. The van der Waals surface area contributed by atoms with Crippen molar-refractivity contribution in [1.82, 2.24) is 10.9 Å². The molecule has 23 heavy (non-hydrogen) atoms. The second kappa shape index (κ2) is 6.86. The number of hydrogen-bond donors (Lipinski definition) is 2. The van der Waals surface area contributed by atoms with Gasteiger partial charge in [-0.2, -0.15) is 0 Å². The van der Waals surface area contributed by atoms with Crippen molar-refractivity contribution in [2.24, 2.45) is 0 Å². The largest absolute Gasteiger partial charge is 0.485 e. The van der Waals surface area contributed by atoms with Gasteiger partial charge in [-0.1, -0.05) is 12.1 Å². The summed E-state index contributed by atoms with van der Waals surface area (Å²) in [7, 11) is 0. The zero-order valence-corrected chi connectivity index (χ0v) is 14.1. The van der Waals surface area contributed by atoms with Crippen molar-refractivity contribution in [2.75, 3.05) is 6.61 Å². The van der Waals surface area contributed by atoms with Crippen LogP contribution in [0.1, 0.15) is 10.4 Å². The summed E-state index contributed by atoms with van der Waals surface area (Å²) in [6.07, 6.45) is -0.818. The molecule has 0 spiro atoms. The quantitative estimate of drug-likeness (QED) is 0.571. The SMILES string of the molecule is O=C(NNC(=O)[C@H]1COc2ccccc2O1)c1ccc(I)cc1. The van der Waals surface area contributed by atoms with Crippen molar-refractivity contribution in [3.05, 3.63) is 57.7 Å². The van der Waals surface area contributed by atoms with Gasteiger partial charge in [-0.15, -0.1) is 0 Å². The fourth-order valence-corrected chi connectivity index (χ4v) is 2.38. The number of carbonyl (C=O) groups excluding carboxylic acids is 2. The molecule has 0 saturated carbocycles. The summed E-state index contributed by atoms with van der Waals surface area (Å²) in [4.78, 5) is 24.0. The number of fused-ring (bicyclic) bond motifs is 1. The van der Waals surface area contributed by atoms with Gasteiger partial charge in [-0.25, -0.2) is 0 Å². The molecule has 0 bridgehead atoms. The number of benzene rings is 2. The molecule has 0 aliphatic carbocycles. The molecule has 0 fully saturated rings. The Balaban J connectivity index is 1.56. The summed E-state index contributed by atoms with van der Waals surface area (Å²) in [5, 5.41) is 0. The van der Waals surface area contributed by atoms with E-state index in [0.717, 1.165) is 3.57 Å². The number of halogens is 1. The Kier molecular flexibility index (Phi) is 4.65. The number of amides is 2. The first kappa shape index (κ1) is 15.6. The van der Waals surface area contributed by atoms with Gasteiger partial charge in [0.05, 0.1) is 0 Å². The molecule has 118 valence electrons. The standard InChI is InChI=1S/C16H13IN2O4/c17-11-7-5-10(6-8-11)15(20)18-19-16(21)14-9-22-12-3-1-2-4-13(12)23-14/h1-8,14H,9H2,(H,18,20)(H,19,21)/t14-/m1/s1. The number of ether oxygens (including phenoxy) is 2. The summed E-state index contributed by atoms with van der Waals surface area (Å²) >= 11 is 2.15. The molecule has 2 aromatic rings. The van der Waals surface area contributed by atoms with Gasteiger partial charge in [0, 0.05) is 9.13 Å². The van der Waals surface area contributed by atoms with Gasteiger partial charge in [0.1, 0.15) is 6.61 Å². The molecule has 1 aliphatic rings. The zero-order valence-electron chi connectivity index (χ0n) is 11.9. The van der Waals surface area contributed by atoms with E-state index in [9.17, 15) is 9.59 Å². The topological polar surface area (TPSA) is 76.7 Å². The Bertz CT molecular complexity index is 733. The molecule has 2 N–H and O–H groups in total. The van der Waals surface area contributed by atoms with E-state index in [-0.39, 0.29) is 6.61 Å². The third-order valence-electron chi connectivity index (χ3n) is 3.21. The second-order valence-corrected chi connectivity index (χ2v) is 6.06. The molecule has 7 heteroatoms. The highest BCUT2D eigenvalue weighted by molar-refractivity contribution is 14.1. The van der Waals surface area contributed by atoms with E-state index >= 15 is 0 Å². The summed E-state index contributed by atoms with van der Waals surface area (Å²) in [6.45, 7) is 0.0856. The first-order chi connectivity index (χ1) is 11.1. The highest BCUT2D eigenvalue weighted by atomic mass is 127. The van der Waals surface area contributed by atoms with Crippen LogP contribution in [0.3, 0.4) is 0 Å². The molecule has 2 aromatic carbocycles. The third kappa shape index (κ3) is 3.73. The maximum Gasteiger partial charge on any atom is 0.283 e. The van der Waals surface area contributed by atoms with Gasteiger partial charge in [0.15, 0.2) is 11.5 Å². The monoisotopic (exact) mass is 424 g/mol. The van der Waals surface area contributed by atoms with Crippen LogP contribution in [0.4, 0.5) is 0 Å². The number of nitrogens with one attached hydrogen (secondary N) is 2. The van der Waals surface area contributed by atoms with Crippen LogP contribution >= 0.6 is 22.6 Å². The molecule has 0 saturated heterocycles. The molecule has 2 amide bonds. The summed E-state index contributed by atoms with van der Waals surface area (Å²) in [5.74, 6) is 0.229. The van der Waals surface area contributed by atoms with Crippen LogP contribution in [0.15, 0.2) is 48.5 Å². The van der Waals surface area contributed by atoms with Gasteiger partial charge in [-0.3, -0.25) is 20.4 Å². The van der Waals surface area contributed by atoms with Crippen LogP contribution < -0.4 is 20.3 Å². The minimum Gasteiger partial charge on any atom is -0.485 e. The Morgan fingerprint density at radius 2 is 1.70 bits per heavy atom. The molecule has 0 aromatic heterocycles. The number of rotatable bonds is 2. The van der Waals surface area contributed by atoms with Crippen LogP contribution in [0.5, 0.6) is 11.5 Å². The van der Waals surface area contributed by atoms with Crippen LogP contribution in [0, 0.1) is 3.57 Å². The van der Waals surface area contributed by atoms with Crippen molar-refractivity contribution in [3.63, 3.8) is 0 Å². The van der Waals surface area contributed by atoms with E-state index in [1.165, 1.54) is 0 Å². The summed E-state index contributed by atoms with van der Waals surface area (Å²) < 4.78 is 12.0. The first-order valence-electron chi connectivity index (χ1n) is 6.88. The minimum atomic E-state index is -0.818. The van der Waals surface area contributed by atoms with Gasteiger partial charge in [0.25, 0.3) is 11.8 Å². The molecule has 1 heterocycles. The van der Waals surface area contributed by atoms with Crippen LogP contribution in [-0.4, -0.2) is 24.5 Å². The molecular formula is C16H13IN2O4. The van der Waals surface area contributed by atoms with Crippen molar-refractivity contribution >= 4 is 34.4 Å². The van der Waals surface area contributed by atoms with E-state index in [0.29, 0.717) is 17.1 Å². The fourth-order valence-electron chi connectivity index (χ4n) is 2.02. The molecule has 1 aliphatic heterocycles. The van der Waals surface area contributed by atoms with E-state index in [2.05, 4.69) is 33.4 Å². The van der Waals surface area contributed by atoms with Crippen molar-refractivity contribution in [3.8, 4) is 11.5 Å². The summed E-state index contributed by atoms with van der Waals surface area (Å²) in [5.41, 5.74) is 5.17. The van der Waals surface area contributed by atoms with Gasteiger partial charge in [0.2, 0.25) is 6.10 Å². The van der Waals surface area contributed by atoms with Crippen LogP contribution in [-0.2, 0) is 4.79 Å². The second-order valence-electron chi connectivity index (χ2n) is 4.81. The molecular weight excluding hydrogens is 411 g/mol. The molecule has 6 nitrogen and oxygen atoms in total. The lowest BCUT2D eigenvalue weighted by atomic mass is 10.2. The fraction of sp³-hybridized carbons (Fsp3) is 0.125. The molecule has 3 rings (SSSR count). The number of carbonyl (C=O) groups is 2. The van der Waals surface area contributed by atoms with Crippen molar-refractivity contribution in [1.29, 1.82) is 0 Å². The van der Waals surface area contributed by atoms with Gasteiger partial charge in [-0.05, 0) is 59.0 Å². The van der Waals surface area contributed by atoms with Gasteiger partial charge < -0.3 is 9.47 Å². The molecule has 1 atom stereocenters. The maximum absolute atomic E-state index is 12.1. The highest BCUT2D eigenvalue weighted by Gasteiger charge is 2.27. The van der Waals surface area contributed by atoms with Crippen molar-refractivity contribution in [2.45, 2.75) is 6.10 Å². The Morgan fingerprint density at radius 3 is 2.43 bits per heavy atom. The lowest BCUT2D eigenvalue weighted by molar-refractivity contribution is -0.131. The smallest absolute Gasteiger partial charge is 0.283 e. The summed E-state index contributed by atoms with van der Waals surface area (Å²) in [6, 6.07) is 14.1. The number of hydrazine groups is 1. The van der Waals surface area contributed by atoms with E-state index in [1.807, 2.05) is 18.2 Å². The highest BCUT2D eigenvalue weighted by Crippen LogP contribution is 2.30. The lowest BCUT2D eigenvalue weighted by Crippen LogP contribution is -2.50. The average molecular weight is 424 g/mol. The third-order valence-corrected chi connectivity index (χ3v) is 3.93. The van der Waals surface area contributed by atoms with Crippen molar-refractivity contribution < 1.29 is 19.1 Å². The van der Waals surface area contributed by atoms with E-state index < -0.39 is 17.9 Å². The Labute approximate surface area is 146 Å². The first-order valence-corrected chi connectivity index (χ1v) is 7.95. The number of hydrogen-bond acceptors (Lipinski definition) is 4. The predicted molar refractivity (Wildman–Crippen MR) is 91.1 cm³/mol. The minimum absolute atomic E-state index is 0.0856. The Hall–Kier alpha value is -2.29. The van der Waals surface area contributed by atoms with Gasteiger partial charge >= 0.3 is 0 Å². The lowest BCUT2D eigenvalue weighted by Gasteiger charge is -2.25. The zero-order chi connectivity index (χ0) is 16.2. The van der Waals surface area contributed by atoms with E-state index in [4.69, 9.17) is 9.47 Å². The van der Waals surface area contributed by atoms with Crippen LogP contribution in [0.2, 0.25) is 0 Å². The Morgan fingerprint density at radius 1 is 1.00 bits per heavy atom. The average Bonchev–Trinajstić information content (AvgIpc) is 2.59. The normalized spacial score (nSPS) is 15.6. The number of para-hydroxylation sites is 2. The van der Waals surface area contributed by atoms with E-state index in [1.54, 1.807) is 30.3 Å².